The lowest BCUT2D eigenvalue weighted by atomic mass is 10.1. The molecule has 0 saturated carbocycles. The van der Waals surface area contributed by atoms with Crippen LogP contribution < -0.4 is 11.3 Å². The van der Waals surface area contributed by atoms with Gasteiger partial charge in [-0.15, -0.1) is 0 Å². The number of H-pyrrole nitrogens is 1. The third-order valence-electron chi connectivity index (χ3n) is 5.00. The Labute approximate surface area is 180 Å². The van der Waals surface area contributed by atoms with Crippen molar-refractivity contribution in [1.29, 1.82) is 0 Å². The second-order valence-corrected chi connectivity index (χ2v) is 7.18. The van der Waals surface area contributed by atoms with E-state index in [4.69, 9.17) is 20.6 Å². The average Bonchev–Trinajstić information content (AvgIpc) is 3.15. The number of halogens is 3. The van der Waals surface area contributed by atoms with E-state index >= 15 is 0 Å². The summed E-state index contributed by atoms with van der Waals surface area (Å²) in [6.07, 6.45) is -3.23. The molecule has 0 radical (unpaired) electrons. The van der Waals surface area contributed by atoms with Gasteiger partial charge in [-0.3, -0.25) is 4.79 Å². The van der Waals surface area contributed by atoms with Crippen molar-refractivity contribution in [3.05, 3.63) is 64.1 Å². The number of hydrogen-bond acceptors (Lipinski definition) is 4. The largest absolute Gasteiger partial charge is 0.490 e. The minimum Gasteiger partial charge on any atom is -0.475 e. The number of aromatic amines is 1. The van der Waals surface area contributed by atoms with Gasteiger partial charge < -0.3 is 20.4 Å². The maximum Gasteiger partial charge on any atom is 0.490 e. The van der Waals surface area contributed by atoms with Crippen LogP contribution in [0.3, 0.4) is 0 Å². The Hall–Kier alpha value is -3.66. The zero-order valence-corrected chi connectivity index (χ0v) is 17.3. The van der Waals surface area contributed by atoms with Gasteiger partial charge in [0.2, 0.25) is 0 Å². The van der Waals surface area contributed by atoms with Crippen molar-refractivity contribution in [2.45, 2.75) is 26.6 Å². The molecule has 4 N–H and O–H groups in total. The first-order valence-corrected chi connectivity index (χ1v) is 9.63. The number of rotatable bonds is 3. The van der Waals surface area contributed by atoms with E-state index in [9.17, 15) is 18.0 Å². The lowest BCUT2D eigenvalue weighted by molar-refractivity contribution is -0.192. The molecule has 0 unspecified atom stereocenters. The summed E-state index contributed by atoms with van der Waals surface area (Å²) in [6, 6.07) is 12.0. The number of nitrogens with one attached hydrogen (secondary N) is 1. The van der Waals surface area contributed by atoms with Crippen LogP contribution in [0.4, 0.5) is 13.2 Å². The number of para-hydroxylation sites is 1. The van der Waals surface area contributed by atoms with Crippen LogP contribution in [0.25, 0.3) is 33.2 Å². The SMILES string of the molecule is Cc1cc2nc(-c3c[nH]c4ccccc34)c(=O)n(CCN)c2cc1C.O=C(O)C(F)(F)F. The predicted molar refractivity (Wildman–Crippen MR) is 116 cm³/mol. The predicted octanol–water partition coefficient (Wildman–Crippen LogP) is 3.75. The Bertz CT molecular complexity index is 1360. The van der Waals surface area contributed by atoms with Gasteiger partial charge >= 0.3 is 12.1 Å². The van der Waals surface area contributed by atoms with E-state index in [-0.39, 0.29) is 5.56 Å². The molecule has 0 aliphatic carbocycles. The number of aryl methyl sites for hydroxylation is 2. The minimum absolute atomic E-state index is 0.106. The molecular formula is C22H21F3N4O3. The van der Waals surface area contributed by atoms with Gasteiger partial charge in [0, 0.05) is 35.8 Å². The maximum atomic E-state index is 13.1. The highest BCUT2D eigenvalue weighted by molar-refractivity contribution is 5.95. The van der Waals surface area contributed by atoms with E-state index in [1.165, 1.54) is 0 Å². The van der Waals surface area contributed by atoms with Crippen molar-refractivity contribution in [2.75, 3.05) is 6.54 Å². The highest BCUT2D eigenvalue weighted by atomic mass is 19.4. The van der Waals surface area contributed by atoms with E-state index < -0.39 is 12.1 Å². The number of carboxylic acids is 1. The number of hydrogen-bond donors (Lipinski definition) is 3. The lowest BCUT2D eigenvalue weighted by Crippen LogP contribution is -2.27. The summed E-state index contributed by atoms with van der Waals surface area (Å²) in [5, 5.41) is 8.12. The van der Waals surface area contributed by atoms with Gasteiger partial charge in [0.05, 0.1) is 11.0 Å². The number of alkyl halides is 3. The fraction of sp³-hybridized carbons (Fsp3) is 0.227. The normalized spacial score (nSPS) is 11.4. The molecule has 0 spiro atoms. The number of nitrogens with zero attached hydrogens (tertiary/aromatic N) is 2. The molecule has 10 heteroatoms. The molecular weight excluding hydrogens is 425 g/mol. The van der Waals surface area contributed by atoms with Crippen LogP contribution in [0.2, 0.25) is 0 Å². The molecule has 168 valence electrons. The van der Waals surface area contributed by atoms with Crippen molar-refractivity contribution in [2.24, 2.45) is 5.73 Å². The van der Waals surface area contributed by atoms with Crippen molar-refractivity contribution >= 4 is 27.9 Å². The maximum absolute atomic E-state index is 13.1. The van der Waals surface area contributed by atoms with Crippen molar-refractivity contribution in [3.63, 3.8) is 0 Å². The molecule has 0 fully saturated rings. The molecule has 0 amide bonds. The molecule has 7 nitrogen and oxygen atoms in total. The van der Waals surface area contributed by atoms with Gasteiger partial charge in [-0.05, 0) is 43.2 Å². The lowest BCUT2D eigenvalue weighted by Gasteiger charge is -2.13. The number of carbonyl (C=O) groups is 1. The number of benzene rings is 2. The Morgan fingerprint density at radius 1 is 1.19 bits per heavy atom. The van der Waals surface area contributed by atoms with E-state index in [0.29, 0.717) is 18.8 Å². The monoisotopic (exact) mass is 446 g/mol. The van der Waals surface area contributed by atoms with Crippen LogP contribution >= 0.6 is 0 Å². The molecule has 0 aliphatic heterocycles. The quantitative estimate of drug-likeness (QED) is 0.444. The summed E-state index contributed by atoms with van der Waals surface area (Å²) < 4.78 is 33.5. The molecule has 4 rings (SSSR count). The van der Waals surface area contributed by atoms with Gasteiger partial charge in [0.1, 0.15) is 5.69 Å². The molecule has 0 atom stereocenters. The zero-order valence-electron chi connectivity index (χ0n) is 17.3. The van der Waals surface area contributed by atoms with Crippen LogP contribution in [0.5, 0.6) is 0 Å². The fourth-order valence-electron chi connectivity index (χ4n) is 3.29. The first-order chi connectivity index (χ1) is 15.0. The Balaban J connectivity index is 0.000000360. The number of aliphatic carboxylic acids is 1. The van der Waals surface area contributed by atoms with Gasteiger partial charge in [0.15, 0.2) is 0 Å². The number of aromatic nitrogens is 3. The van der Waals surface area contributed by atoms with Crippen LogP contribution in [-0.4, -0.2) is 38.3 Å². The van der Waals surface area contributed by atoms with E-state index in [2.05, 4.69) is 11.9 Å². The standard InChI is InChI=1S/C20H20N4O.C2HF3O2/c1-12-9-17-18(10-13(12)2)24(8-7-21)20(25)19(23-17)15-11-22-16-6-4-3-5-14(15)16;3-2(4,5)1(6)7/h3-6,9-11,22H,7-8,21H2,1-2H3;(H,6,7). The van der Waals surface area contributed by atoms with E-state index in [1.807, 2.05) is 49.5 Å². The minimum atomic E-state index is -5.08. The number of fused-ring (bicyclic) bond motifs is 2. The molecule has 4 aromatic rings. The molecule has 32 heavy (non-hydrogen) atoms. The van der Waals surface area contributed by atoms with E-state index in [1.54, 1.807) is 4.57 Å². The molecule has 0 aliphatic rings. The van der Waals surface area contributed by atoms with Crippen LogP contribution in [0.15, 0.2) is 47.4 Å². The van der Waals surface area contributed by atoms with E-state index in [0.717, 1.165) is 38.6 Å². The van der Waals surface area contributed by atoms with Gasteiger partial charge in [-0.2, -0.15) is 13.2 Å². The molecule has 2 heterocycles. The summed E-state index contributed by atoms with van der Waals surface area (Å²) in [7, 11) is 0. The van der Waals surface area contributed by atoms with Crippen molar-refractivity contribution in [1.82, 2.24) is 14.5 Å². The van der Waals surface area contributed by atoms with Crippen LogP contribution in [-0.2, 0) is 11.3 Å². The van der Waals surface area contributed by atoms with Gasteiger partial charge in [-0.1, -0.05) is 18.2 Å². The first kappa shape index (κ1) is 23.0. The third-order valence-corrected chi connectivity index (χ3v) is 5.00. The smallest absolute Gasteiger partial charge is 0.475 e. The average molecular weight is 446 g/mol. The Morgan fingerprint density at radius 3 is 2.44 bits per heavy atom. The second-order valence-electron chi connectivity index (χ2n) is 7.18. The Kier molecular flexibility index (Phi) is 6.35. The highest BCUT2D eigenvalue weighted by Crippen LogP contribution is 2.27. The van der Waals surface area contributed by atoms with Crippen LogP contribution in [0, 0.1) is 13.8 Å². The summed E-state index contributed by atoms with van der Waals surface area (Å²) in [5.74, 6) is -2.76. The third kappa shape index (κ3) is 4.50. The van der Waals surface area contributed by atoms with Crippen molar-refractivity contribution in [3.8, 4) is 11.3 Å². The van der Waals surface area contributed by atoms with Crippen molar-refractivity contribution < 1.29 is 23.1 Å². The number of carboxylic acid groups (broad SMARTS) is 1. The summed E-state index contributed by atoms with van der Waals surface area (Å²) in [5.41, 5.74) is 11.9. The highest BCUT2D eigenvalue weighted by Gasteiger charge is 2.38. The fourth-order valence-corrected chi connectivity index (χ4v) is 3.29. The second kappa shape index (κ2) is 8.83. The number of nitrogens with two attached hydrogens (primary N) is 1. The molecule has 0 bridgehead atoms. The summed E-state index contributed by atoms with van der Waals surface area (Å²) >= 11 is 0. The summed E-state index contributed by atoms with van der Waals surface area (Å²) in [4.78, 5) is 30.0. The van der Waals surface area contributed by atoms with Gasteiger partial charge in [0.25, 0.3) is 5.56 Å². The Morgan fingerprint density at radius 2 is 1.81 bits per heavy atom. The first-order valence-electron chi connectivity index (χ1n) is 9.63. The summed E-state index contributed by atoms with van der Waals surface area (Å²) in [6.45, 7) is 4.97. The zero-order chi connectivity index (χ0) is 23.6. The topological polar surface area (TPSA) is 114 Å². The molecule has 0 saturated heterocycles. The molecule has 2 aromatic carbocycles. The molecule has 2 aromatic heterocycles. The van der Waals surface area contributed by atoms with Crippen LogP contribution in [0.1, 0.15) is 11.1 Å². The van der Waals surface area contributed by atoms with Gasteiger partial charge in [-0.25, -0.2) is 9.78 Å².